The second-order valence-corrected chi connectivity index (χ2v) is 17.8. The zero-order chi connectivity index (χ0) is 39.6. The van der Waals surface area contributed by atoms with Gasteiger partial charge in [-0.3, -0.25) is 4.55 Å². The van der Waals surface area contributed by atoms with Gasteiger partial charge in [-0.15, -0.1) is 0 Å². The van der Waals surface area contributed by atoms with Gasteiger partial charge in [0, 0.05) is 37.5 Å². The summed E-state index contributed by atoms with van der Waals surface area (Å²) in [7, 11) is -3.49. The quantitative estimate of drug-likeness (QED) is 0.115. The molecule has 0 aliphatic rings. The Bertz CT molecular complexity index is 1880. The zero-order valence-electron chi connectivity index (χ0n) is 30.2. The number of rotatable bonds is 6. The van der Waals surface area contributed by atoms with Crippen LogP contribution in [0.4, 0.5) is 0 Å². The monoisotopic (exact) mass is 796 g/mol. The molecular formula is C37H46Cl2N2O7S3. The Morgan fingerprint density at radius 2 is 0.961 bits per heavy atom. The minimum absolute atomic E-state index is 0.0666. The van der Waals surface area contributed by atoms with Crippen LogP contribution in [0.3, 0.4) is 0 Å². The van der Waals surface area contributed by atoms with Gasteiger partial charge in [0.25, 0.3) is 19.2 Å². The molecule has 9 nitrogen and oxygen atoms in total. The Morgan fingerprint density at radius 1 is 0.667 bits per heavy atom. The molecule has 0 saturated carbocycles. The zero-order valence-corrected chi connectivity index (χ0v) is 34.2. The van der Waals surface area contributed by atoms with Crippen LogP contribution in [-0.2, 0) is 35.6 Å². The maximum absolute atomic E-state index is 10.9. The molecule has 0 aliphatic heterocycles. The van der Waals surface area contributed by atoms with Crippen LogP contribution in [0.2, 0.25) is 0 Å². The molecular weight excluding hydrogens is 752 g/mol. The molecule has 1 N–H and O–H groups in total. The molecule has 0 heterocycles. The first-order valence-electron chi connectivity index (χ1n) is 15.1. The van der Waals surface area contributed by atoms with Crippen molar-refractivity contribution in [1.82, 2.24) is 4.90 Å². The molecule has 278 valence electrons. The van der Waals surface area contributed by atoms with E-state index in [2.05, 4.69) is 36.1 Å². The average molecular weight is 798 g/mol. The highest BCUT2D eigenvalue weighted by atomic mass is 35.7. The number of hydrogen-bond acceptors (Lipinski definition) is 8. The fraction of sp³-hybridized carbons (Fsp3) is 0.270. The Balaban J connectivity index is 0.000000642. The van der Waals surface area contributed by atoms with Gasteiger partial charge in [0.05, 0.1) is 20.8 Å². The number of benzene rings is 4. The van der Waals surface area contributed by atoms with Gasteiger partial charge in [-0.05, 0) is 89.1 Å². The van der Waals surface area contributed by atoms with Gasteiger partial charge in [0.2, 0.25) is 0 Å². The van der Waals surface area contributed by atoms with E-state index in [1.54, 1.807) is 54.6 Å². The third-order valence-electron chi connectivity index (χ3n) is 6.36. The lowest BCUT2D eigenvalue weighted by molar-refractivity contribution is 0.433. The first-order chi connectivity index (χ1) is 23.4. The summed E-state index contributed by atoms with van der Waals surface area (Å²) in [6, 6.07) is 29.4. The minimum atomic E-state index is -4.02. The standard InChI is InChI=1S/C13H18ClN.C8H10O2S.C7H7ClO2S.C7H8O3S.C2H3N/c1-10(2)13(14)15(4)9-12-7-5-11(3)6-8-12;1-7-3-5-8(6-4-7)11(2,9)10;2*1-6-2-4-7(5-3-6)11(8,9)10;1-2-3/h5-8H,9H2,1-4H3;3-6H,1-2H3;2-5H,1H3;2-5H,1H3,(H,8,9,10);1H3. The lowest BCUT2D eigenvalue weighted by Gasteiger charge is -2.19. The van der Waals surface area contributed by atoms with E-state index in [4.69, 9.17) is 32.1 Å². The first-order valence-corrected chi connectivity index (χ1v) is 21.2. The van der Waals surface area contributed by atoms with E-state index < -0.39 is 29.0 Å². The van der Waals surface area contributed by atoms with E-state index in [1.807, 2.05) is 41.7 Å². The largest absolute Gasteiger partial charge is 0.361 e. The van der Waals surface area contributed by atoms with E-state index in [0.29, 0.717) is 4.90 Å². The van der Waals surface area contributed by atoms with Crippen LogP contribution in [0, 0.1) is 39.0 Å². The summed E-state index contributed by atoms with van der Waals surface area (Å²) in [6.45, 7) is 14.1. The molecule has 0 saturated heterocycles. The molecule has 0 amide bonds. The summed E-state index contributed by atoms with van der Waals surface area (Å²) >= 11 is 6.15. The molecule has 4 aromatic rings. The maximum Gasteiger partial charge on any atom is 0.294 e. The summed E-state index contributed by atoms with van der Waals surface area (Å²) in [6.07, 6.45) is 1.21. The molecule has 0 radical (unpaired) electrons. The fourth-order valence-corrected chi connectivity index (χ4v) is 5.56. The highest BCUT2D eigenvalue weighted by Gasteiger charge is 2.08. The normalized spacial score (nSPS) is 10.5. The van der Waals surface area contributed by atoms with Crippen molar-refractivity contribution in [1.29, 1.82) is 5.26 Å². The van der Waals surface area contributed by atoms with Crippen LogP contribution in [0.15, 0.2) is 122 Å². The predicted octanol–water partition coefficient (Wildman–Crippen LogP) is 9.01. The molecule has 0 bridgehead atoms. The summed E-state index contributed by atoms with van der Waals surface area (Å²) < 4.78 is 72.9. The smallest absolute Gasteiger partial charge is 0.294 e. The van der Waals surface area contributed by atoms with Crippen LogP contribution in [0.1, 0.15) is 48.6 Å². The van der Waals surface area contributed by atoms with Crippen molar-refractivity contribution < 1.29 is 29.8 Å². The number of sulfone groups is 1. The summed E-state index contributed by atoms with van der Waals surface area (Å²) in [5.74, 6) is 0. The summed E-state index contributed by atoms with van der Waals surface area (Å²) in [4.78, 5) is 2.51. The van der Waals surface area contributed by atoms with Gasteiger partial charge in [0.1, 0.15) is 5.16 Å². The summed E-state index contributed by atoms with van der Waals surface area (Å²) in [5, 5.41) is 8.15. The van der Waals surface area contributed by atoms with E-state index in [9.17, 15) is 25.3 Å². The van der Waals surface area contributed by atoms with Gasteiger partial charge >= 0.3 is 0 Å². The molecule has 0 atom stereocenters. The molecule has 4 rings (SSSR count). The average Bonchev–Trinajstić information content (AvgIpc) is 3.02. The Morgan fingerprint density at radius 3 is 1.24 bits per heavy atom. The van der Waals surface area contributed by atoms with Gasteiger partial charge < -0.3 is 4.90 Å². The van der Waals surface area contributed by atoms with Crippen molar-refractivity contribution in [3.05, 3.63) is 136 Å². The van der Waals surface area contributed by atoms with E-state index in [-0.39, 0.29) is 9.79 Å². The van der Waals surface area contributed by atoms with Crippen molar-refractivity contribution >= 4 is 51.3 Å². The SMILES string of the molecule is CC#N.CC(C)=C(Cl)N(C)Cc1ccc(C)cc1.Cc1ccc(S(=O)(=O)Cl)cc1.Cc1ccc(S(=O)(=O)O)cc1.Cc1ccc(S(C)(=O)=O)cc1. The van der Waals surface area contributed by atoms with Crippen molar-refractivity contribution in [3.8, 4) is 6.07 Å². The highest BCUT2D eigenvalue weighted by Crippen LogP contribution is 2.17. The number of hydrogen-bond donors (Lipinski definition) is 1. The van der Waals surface area contributed by atoms with Crippen molar-refractivity contribution in [2.45, 2.75) is 69.7 Å². The number of aryl methyl sites for hydroxylation is 4. The molecule has 14 heteroatoms. The molecule has 4 aromatic carbocycles. The minimum Gasteiger partial charge on any atom is -0.361 e. The van der Waals surface area contributed by atoms with Crippen LogP contribution in [0.25, 0.3) is 0 Å². The summed E-state index contributed by atoms with van der Waals surface area (Å²) in [5.41, 5.74) is 6.74. The number of allylic oxidation sites excluding steroid dienone is 1. The third kappa shape index (κ3) is 20.7. The molecule has 0 fully saturated rings. The lowest BCUT2D eigenvalue weighted by Crippen LogP contribution is -2.14. The maximum atomic E-state index is 10.9. The topological polar surface area (TPSA) is 150 Å². The van der Waals surface area contributed by atoms with Crippen LogP contribution in [-0.4, -0.2) is 48.0 Å². The van der Waals surface area contributed by atoms with Crippen molar-refractivity contribution in [3.63, 3.8) is 0 Å². The number of nitrogens with zero attached hydrogens (tertiary/aromatic N) is 2. The number of nitriles is 1. The van der Waals surface area contributed by atoms with Crippen molar-refractivity contribution in [2.24, 2.45) is 0 Å². The number of halogens is 2. The second-order valence-electron chi connectivity index (χ2n) is 11.5. The van der Waals surface area contributed by atoms with Gasteiger partial charge in [-0.1, -0.05) is 94.5 Å². The molecule has 51 heavy (non-hydrogen) atoms. The van der Waals surface area contributed by atoms with Gasteiger partial charge in [0.15, 0.2) is 9.84 Å². The van der Waals surface area contributed by atoms with Gasteiger partial charge in [-0.25, -0.2) is 16.8 Å². The predicted molar refractivity (Wildman–Crippen MR) is 208 cm³/mol. The van der Waals surface area contributed by atoms with Gasteiger partial charge in [-0.2, -0.15) is 13.7 Å². The van der Waals surface area contributed by atoms with Crippen LogP contribution in [0.5, 0.6) is 0 Å². The lowest BCUT2D eigenvalue weighted by atomic mass is 10.1. The fourth-order valence-electron chi connectivity index (χ4n) is 3.61. The first kappa shape index (κ1) is 47.3. The Labute approximate surface area is 314 Å². The van der Waals surface area contributed by atoms with Crippen LogP contribution >= 0.6 is 22.3 Å². The molecule has 0 aromatic heterocycles. The van der Waals surface area contributed by atoms with E-state index in [1.165, 1.54) is 48.6 Å². The van der Waals surface area contributed by atoms with Crippen LogP contribution < -0.4 is 0 Å². The second kappa shape index (κ2) is 22.3. The van der Waals surface area contributed by atoms with E-state index >= 15 is 0 Å². The third-order valence-corrected chi connectivity index (χ3v) is 10.4. The Kier molecular flexibility index (Phi) is 20.7. The molecule has 0 spiro atoms. The van der Waals surface area contributed by atoms with E-state index in [0.717, 1.165) is 34.0 Å². The molecule has 0 aliphatic carbocycles. The van der Waals surface area contributed by atoms with Crippen molar-refractivity contribution in [2.75, 3.05) is 13.3 Å². The molecule has 0 unspecified atom stereocenters. The Hall–Kier alpha value is -3.70. The highest BCUT2D eigenvalue weighted by molar-refractivity contribution is 8.13.